The van der Waals surface area contributed by atoms with Gasteiger partial charge in [0.05, 0.1) is 11.4 Å². The summed E-state index contributed by atoms with van der Waals surface area (Å²) in [6, 6.07) is 2.16. The van der Waals surface area contributed by atoms with Crippen LogP contribution in [0.25, 0.3) is 0 Å². The summed E-state index contributed by atoms with van der Waals surface area (Å²) in [4.78, 5) is 27.7. The van der Waals surface area contributed by atoms with E-state index in [9.17, 15) is 9.59 Å². The largest absolute Gasteiger partial charge is 0.358 e. The predicted octanol–water partition coefficient (Wildman–Crippen LogP) is 1.31. The van der Waals surface area contributed by atoms with Crippen LogP contribution in [0.2, 0.25) is 0 Å². The van der Waals surface area contributed by atoms with Gasteiger partial charge in [0.2, 0.25) is 5.91 Å². The predicted molar refractivity (Wildman–Crippen MR) is 84.8 cm³/mol. The highest BCUT2D eigenvalue weighted by Gasteiger charge is 2.22. The van der Waals surface area contributed by atoms with Gasteiger partial charge in [0.25, 0.3) is 5.91 Å². The Bertz CT molecular complexity index is 499. The van der Waals surface area contributed by atoms with Gasteiger partial charge in [-0.15, -0.1) is 11.3 Å². The third-order valence-electron chi connectivity index (χ3n) is 3.96. The Labute approximate surface area is 129 Å². The van der Waals surface area contributed by atoms with E-state index in [-0.39, 0.29) is 17.9 Å². The third kappa shape index (κ3) is 4.28. The molecule has 1 aromatic heterocycles. The number of thiophene rings is 1. The molecule has 1 fully saturated rings. The SMILES string of the molecule is CNC(=O)CN1CCC(NC(=O)c2cc(C)c(C)s2)CC1. The number of hydrogen-bond donors (Lipinski definition) is 2. The monoisotopic (exact) mass is 309 g/mol. The zero-order chi connectivity index (χ0) is 15.4. The van der Waals surface area contributed by atoms with Gasteiger partial charge in [-0.3, -0.25) is 14.5 Å². The Kier molecular flexibility index (Phi) is 5.36. The number of carbonyl (C=O) groups is 2. The first kappa shape index (κ1) is 16.0. The van der Waals surface area contributed by atoms with Crippen molar-refractivity contribution in [2.24, 2.45) is 0 Å². The van der Waals surface area contributed by atoms with E-state index in [2.05, 4.69) is 15.5 Å². The van der Waals surface area contributed by atoms with E-state index in [4.69, 9.17) is 0 Å². The van der Waals surface area contributed by atoms with Gasteiger partial charge >= 0.3 is 0 Å². The van der Waals surface area contributed by atoms with Crippen LogP contribution in [-0.4, -0.2) is 49.4 Å². The molecule has 2 heterocycles. The van der Waals surface area contributed by atoms with Gasteiger partial charge in [0, 0.05) is 31.1 Å². The van der Waals surface area contributed by atoms with Gasteiger partial charge in [-0.1, -0.05) is 0 Å². The molecule has 116 valence electrons. The first-order valence-electron chi connectivity index (χ1n) is 7.30. The molecular formula is C15H23N3O2S. The second-order valence-corrected chi connectivity index (χ2v) is 6.80. The maximum Gasteiger partial charge on any atom is 0.261 e. The van der Waals surface area contributed by atoms with Crippen molar-refractivity contribution in [3.8, 4) is 0 Å². The molecule has 0 spiro atoms. The Morgan fingerprint density at radius 1 is 1.33 bits per heavy atom. The molecule has 6 heteroatoms. The van der Waals surface area contributed by atoms with Gasteiger partial charge in [-0.2, -0.15) is 0 Å². The number of nitrogens with zero attached hydrogens (tertiary/aromatic N) is 1. The van der Waals surface area contributed by atoms with Crippen molar-refractivity contribution < 1.29 is 9.59 Å². The lowest BCUT2D eigenvalue weighted by Crippen LogP contribution is -2.47. The van der Waals surface area contributed by atoms with Gasteiger partial charge in [0.15, 0.2) is 0 Å². The highest BCUT2D eigenvalue weighted by atomic mass is 32.1. The number of likely N-dealkylation sites (N-methyl/N-ethyl adjacent to an activating group) is 1. The lowest BCUT2D eigenvalue weighted by atomic mass is 10.0. The number of rotatable bonds is 4. The minimum atomic E-state index is 0.0287. The summed E-state index contributed by atoms with van der Waals surface area (Å²) >= 11 is 1.55. The van der Waals surface area contributed by atoms with E-state index in [1.54, 1.807) is 18.4 Å². The quantitative estimate of drug-likeness (QED) is 0.881. The molecule has 1 aliphatic rings. The number of piperidine rings is 1. The van der Waals surface area contributed by atoms with Crippen LogP contribution in [0.5, 0.6) is 0 Å². The van der Waals surface area contributed by atoms with Crippen LogP contribution in [0.1, 0.15) is 33.0 Å². The highest BCUT2D eigenvalue weighted by molar-refractivity contribution is 7.14. The smallest absolute Gasteiger partial charge is 0.261 e. The number of nitrogens with one attached hydrogen (secondary N) is 2. The molecule has 0 atom stereocenters. The normalized spacial score (nSPS) is 16.7. The molecule has 0 radical (unpaired) electrons. The fraction of sp³-hybridized carbons (Fsp3) is 0.600. The van der Waals surface area contributed by atoms with E-state index >= 15 is 0 Å². The van der Waals surface area contributed by atoms with Gasteiger partial charge < -0.3 is 10.6 Å². The molecule has 21 heavy (non-hydrogen) atoms. The van der Waals surface area contributed by atoms with E-state index in [0.717, 1.165) is 30.8 Å². The number of aryl methyl sites for hydroxylation is 2. The second kappa shape index (κ2) is 7.04. The fourth-order valence-electron chi connectivity index (χ4n) is 2.46. The number of hydrogen-bond acceptors (Lipinski definition) is 4. The molecule has 1 aliphatic heterocycles. The van der Waals surface area contributed by atoms with E-state index in [1.165, 1.54) is 10.4 Å². The molecule has 5 nitrogen and oxygen atoms in total. The van der Waals surface area contributed by atoms with Crippen LogP contribution in [0.3, 0.4) is 0 Å². The minimum absolute atomic E-state index is 0.0287. The molecule has 0 saturated carbocycles. The van der Waals surface area contributed by atoms with E-state index in [0.29, 0.717) is 6.54 Å². The van der Waals surface area contributed by atoms with Crippen LogP contribution in [0, 0.1) is 13.8 Å². The van der Waals surface area contributed by atoms with Crippen molar-refractivity contribution in [2.45, 2.75) is 32.7 Å². The van der Waals surface area contributed by atoms with Crippen molar-refractivity contribution in [2.75, 3.05) is 26.7 Å². The minimum Gasteiger partial charge on any atom is -0.358 e. The molecule has 1 aromatic rings. The van der Waals surface area contributed by atoms with Crippen LogP contribution >= 0.6 is 11.3 Å². The molecule has 0 unspecified atom stereocenters. The first-order valence-corrected chi connectivity index (χ1v) is 8.12. The summed E-state index contributed by atoms with van der Waals surface area (Å²) in [5.41, 5.74) is 1.17. The average Bonchev–Trinajstić information content (AvgIpc) is 2.81. The van der Waals surface area contributed by atoms with Crippen molar-refractivity contribution in [3.05, 3.63) is 21.4 Å². The molecular weight excluding hydrogens is 286 g/mol. The van der Waals surface area contributed by atoms with Crippen LogP contribution in [0.15, 0.2) is 6.07 Å². The maximum absolute atomic E-state index is 12.2. The Morgan fingerprint density at radius 3 is 2.52 bits per heavy atom. The van der Waals surface area contributed by atoms with Crippen molar-refractivity contribution in [3.63, 3.8) is 0 Å². The van der Waals surface area contributed by atoms with Gasteiger partial charge in [-0.05, 0) is 38.3 Å². The van der Waals surface area contributed by atoms with Crippen molar-refractivity contribution in [1.29, 1.82) is 0 Å². The average molecular weight is 309 g/mol. The molecule has 2 amide bonds. The van der Waals surface area contributed by atoms with Crippen LogP contribution < -0.4 is 10.6 Å². The van der Waals surface area contributed by atoms with E-state index < -0.39 is 0 Å². The summed E-state index contributed by atoms with van der Waals surface area (Å²) < 4.78 is 0. The van der Waals surface area contributed by atoms with Crippen molar-refractivity contribution in [1.82, 2.24) is 15.5 Å². The highest BCUT2D eigenvalue weighted by Crippen LogP contribution is 2.21. The molecule has 0 bridgehead atoms. The molecule has 2 N–H and O–H groups in total. The molecule has 0 aromatic carbocycles. The number of amides is 2. The Hall–Kier alpha value is -1.40. The topological polar surface area (TPSA) is 61.4 Å². The first-order chi connectivity index (χ1) is 9.99. The summed E-state index contributed by atoms with van der Waals surface area (Å²) in [5, 5.41) is 5.74. The summed E-state index contributed by atoms with van der Waals surface area (Å²) in [6.07, 6.45) is 1.79. The second-order valence-electron chi connectivity index (χ2n) is 5.55. The number of likely N-dealkylation sites (tertiary alicyclic amines) is 1. The molecule has 0 aliphatic carbocycles. The van der Waals surface area contributed by atoms with Crippen molar-refractivity contribution >= 4 is 23.2 Å². The fourth-order valence-corrected chi connectivity index (χ4v) is 3.40. The summed E-state index contributed by atoms with van der Waals surface area (Å²) in [5.74, 6) is 0.0722. The maximum atomic E-state index is 12.2. The van der Waals surface area contributed by atoms with E-state index in [1.807, 2.05) is 19.9 Å². The van der Waals surface area contributed by atoms with Crippen LogP contribution in [0.4, 0.5) is 0 Å². The standard InChI is InChI=1S/C15H23N3O2S/c1-10-8-13(21-11(10)2)15(20)17-12-4-6-18(7-5-12)9-14(19)16-3/h8,12H,4-7,9H2,1-3H3,(H,16,19)(H,17,20). The molecule has 2 rings (SSSR count). The van der Waals surface area contributed by atoms with Gasteiger partial charge in [-0.25, -0.2) is 0 Å². The van der Waals surface area contributed by atoms with Gasteiger partial charge in [0.1, 0.15) is 0 Å². The zero-order valence-electron chi connectivity index (χ0n) is 12.9. The Balaban J connectivity index is 1.80. The zero-order valence-corrected chi connectivity index (χ0v) is 13.7. The van der Waals surface area contributed by atoms with Crippen LogP contribution in [-0.2, 0) is 4.79 Å². The lowest BCUT2D eigenvalue weighted by Gasteiger charge is -2.31. The molecule has 1 saturated heterocycles. The summed E-state index contributed by atoms with van der Waals surface area (Å²) in [7, 11) is 1.65. The number of carbonyl (C=O) groups excluding carboxylic acids is 2. The Morgan fingerprint density at radius 2 is 2.00 bits per heavy atom. The summed E-state index contributed by atoms with van der Waals surface area (Å²) in [6.45, 7) is 6.20. The lowest BCUT2D eigenvalue weighted by molar-refractivity contribution is -0.122. The third-order valence-corrected chi connectivity index (χ3v) is 5.11.